The second kappa shape index (κ2) is 8.86. The third kappa shape index (κ3) is 5.89. The number of halogens is 6. The quantitative estimate of drug-likeness (QED) is 0.285. The van der Waals surface area contributed by atoms with Crippen molar-refractivity contribution >= 4 is 34.8 Å². The highest BCUT2D eigenvalue weighted by molar-refractivity contribution is 6.42. The summed E-state index contributed by atoms with van der Waals surface area (Å²) in [5, 5.41) is 12.0. The molecule has 1 aromatic heterocycles. The minimum atomic E-state index is -5.07. The molecule has 0 radical (unpaired) electrons. The van der Waals surface area contributed by atoms with Gasteiger partial charge in [0.1, 0.15) is 17.2 Å². The molecule has 0 aliphatic rings. The molecule has 31 heavy (non-hydrogen) atoms. The third-order valence-corrected chi connectivity index (χ3v) is 4.39. The summed E-state index contributed by atoms with van der Waals surface area (Å²) >= 11 is 11.9. The van der Waals surface area contributed by atoms with Gasteiger partial charge in [0.2, 0.25) is 12.4 Å². The Bertz CT molecular complexity index is 1140. The summed E-state index contributed by atoms with van der Waals surface area (Å²) in [6, 6.07) is 7.74. The molecule has 0 aliphatic carbocycles. The van der Waals surface area contributed by atoms with Crippen LogP contribution in [0.1, 0.15) is 10.4 Å². The van der Waals surface area contributed by atoms with E-state index in [0.29, 0.717) is 6.07 Å². The average molecular weight is 478 g/mol. The number of alkyl halides is 3. The summed E-state index contributed by atoms with van der Waals surface area (Å²) in [4.78, 5) is 12.7. The summed E-state index contributed by atoms with van der Waals surface area (Å²) in [5.74, 6) is -3.47. The molecule has 1 heterocycles. The number of rotatable bonds is 5. The number of nitrogens with zero attached hydrogens (tertiary/aromatic N) is 1. The zero-order valence-corrected chi connectivity index (χ0v) is 16.6. The zero-order chi connectivity index (χ0) is 22.8. The van der Waals surface area contributed by atoms with Crippen LogP contribution in [0.3, 0.4) is 0 Å². The van der Waals surface area contributed by atoms with E-state index < -0.39 is 23.8 Å². The first-order chi connectivity index (χ1) is 14.5. The monoisotopic (exact) mass is 477 g/mol. The Labute approximate surface area is 182 Å². The van der Waals surface area contributed by atoms with Gasteiger partial charge in [-0.3, -0.25) is 10.0 Å². The van der Waals surface area contributed by atoms with Crippen molar-refractivity contribution in [2.24, 2.45) is 0 Å². The molecular formula is C19H11Cl2F4N2O4+. The van der Waals surface area contributed by atoms with Crippen LogP contribution < -0.4 is 19.5 Å². The van der Waals surface area contributed by atoms with Gasteiger partial charge in [-0.2, -0.15) is 0 Å². The van der Waals surface area contributed by atoms with Gasteiger partial charge in [0.25, 0.3) is 5.91 Å². The second-order valence-corrected chi connectivity index (χ2v) is 6.75. The molecule has 0 saturated heterocycles. The molecule has 0 spiro atoms. The SMILES string of the molecule is O=C(Nc1ccc[n+](O)c1)c1cc(Cl)c(Cl)cc1Oc1ccc(OC(F)(F)F)c(F)c1. The topological polar surface area (TPSA) is 71.7 Å². The number of anilines is 1. The summed E-state index contributed by atoms with van der Waals surface area (Å²) < 4.78 is 60.5. The van der Waals surface area contributed by atoms with Gasteiger partial charge in [0, 0.05) is 22.9 Å². The lowest BCUT2D eigenvalue weighted by Crippen LogP contribution is -2.29. The number of aromatic nitrogens is 1. The van der Waals surface area contributed by atoms with Crippen LogP contribution in [0.25, 0.3) is 0 Å². The molecular weight excluding hydrogens is 467 g/mol. The Morgan fingerprint density at radius 1 is 1.06 bits per heavy atom. The normalized spacial score (nSPS) is 11.2. The molecule has 6 nitrogen and oxygen atoms in total. The van der Waals surface area contributed by atoms with Gasteiger partial charge in [0.15, 0.2) is 11.6 Å². The highest BCUT2D eigenvalue weighted by Gasteiger charge is 2.32. The van der Waals surface area contributed by atoms with Crippen LogP contribution in [0.15, 0.2) is 54.9 Å². The molecule has 1 amide bonds. The molecule has 0 saturated carbocycles. The molecule has 3 aromatic rings. The van der Waals surface area contributed by atoms with Crippen molar-refractivity contribution in [1.29, 1.82) is 0 Å². The van der Waals surface area contributed by atoms with E-state index in [1.54, 1.807) is 0 Å². The smallest absolute Gasteiger partial charge is 0.456 e. The van der Waals surface area contributed by atoms with E-state index in [4.69, 9.17) is 27.9 Å². The van der Waals surface area contributed by atoms with Crippen molar-refractivity contribution in [2.75, 3.05) is 5.32 Å². The molecule has 0 bridgehead atoms. The van der Waals surface area contributed by atoms with E-state index in [1.165, 1.54) is 36.7 Å². The molecule has 0 fully saturated rings. The molecule has 2 aromatic carbocycles. The number of carbonyl (C=O) groups excluding carboxylic acids is 1. The molecule has 2 N–H and O–H groups in total. The standard InChI is InChI=1S/C19H10Cl2F4N2O4/c20-13-7-12(18(28)26-10-2-1-5-27(29)9-10)17(8-14(13)21)30-11-3-4-16(15(22)6-11)31-19(23,24)25/h1-9H,(H-,26,28,29)/p+1. The number of ether oxygens (including phenoxy) is 2. The summed E-state index contributed by atoms with van der Waals surface area (Å²) in [6.45, 7) is 0. The van der Waals surface area contributed by atoms with E-state index in [2.05, 4.69) is 10.1 Å². The highest BCUT2D eigenvalue weighted by atomic mass is 35.5. The Morgan fingerprint density at radius 2 is 1.77 bits per heavy atom. The maximum atomic E-state index is 14.0. The first-order valence-electron chi connectivity index (χ1n) is 8.26. The van der Waals surface area contributed by atoms with Gasteiger partial charge in [-0.25, -0.2) is 4.39 Å². The number of nitrogens with one attached hydrogen (secondary N) is 1. The molecule has 0 aliphatic heterocycles. The van der Waals surface area contributed by atoms with Crippen LogP contribution >= 0.6 is 23.2 Å². The van der Waals surface area contributed by atoms with E-state index in [0.717, 1.165) is 16.9 Å². The van der Waals surface area contributed by atoms with Crippen LogP contribution in [-0.2, 0) is 0 Å². The minimum Gasteiger partial charge on any atom is -0.456 e. The van der Waals surface area contributed by atoms with Crippen LogP contribution in [0, 0.1) is 5.82 Å². The Kier molecular flexibility index (Phi) is 6.42. The Balaban J connectivity index is 1.90. The number of hydrogen-bond donors (Lipinski definition) is 2. The predicted octanol–water partition coefficient (Wildman–Crippen LogP) is 5.60. The van der Waals surface area contributed by atoms with Crippen molar-refractivity contribution in [3.05, 3.63) is 76.3 Å². The van der Waals surface area contributed by atoms with E-state index >= 15 is 0 Å². The van der Waals surface area contributed by atoms with Crippen LogP contribution in [0.4, 0.5) is 23.2 Å². The van der Waals surface area contributed by atoms with Crippen LogP contribution in [-0.4, -0.2) is 17.5 Å². The predicted molar refractivity (Wildman–Crippen MR) is 101 cm³/mol. The van der Waals surface area contributed by atoms with Gasteiger partial charge in [-0.05, 0) is 24.3 Å². The fourth-order valence-electron chi connectivity index (χ4n) is 2.41. The zero-order valence-electron chi connectivity index (χ0n) is 15.1. The molecule has 3 rings (SSSR count). The summed E-state index contributed by atoms with van der Waals surface area (Å²) in [6.07, 6.45) is -2.53. The lowest BCUT2D eigenvalue weighted by molar-refractivity contribution is -0.904. The van der Waals surface area contributed by atoms with Crippen molar-refractivity contribution < 1.29 is 41.8 Å². The maximum Gasteiger partial charge on any atom is 0.573 e. The van der Waals surface area contributed by atoms with E-state index in [1.807, 2.05) is 0 Å². The van der Waals surface area contributed by atoms with Crippen LogP contribution in [0.5, 0.6) is 17.2 Å². The van der Waals surface area contributed by atoms with Crippen LogP contribution in [0.2, 0.25) is 10.0 Å². The minimum absolute atomic E-state index is 0.0126. The summed E-state index contributed by atoms with van der Waals surface area (Å²) in [7, 11) is 0. The number of benzene rings is 2. The maximum absolute atomic E-state index is 14.0. The van der Waals surface area contributed by atoms with Crippen molar-refractivity contribution in [3.63, 3.8) is 0 Å². The van der Waals surface area contributed by atoms with Crippen molar-refractivity contribution in [2.45, 2.75) is 6.36 Å². The second-order valence-electron chi connectivity index (χ2n) is 5.93. The average Bonchev–Trinajstić information content (AvgIpc) is 2.65. The van der Waals surface area contributed by atoms with Gasteiger partial charge in [-0.15, -0.1) is 13.2 Å². The fraction of sp³-hybridized carbons (Fsp3) is 0.0526. The lowest BCUT2D eigenvalue weighted by atomic mass is 10.1. The largest absolute Gasteiger partial charge is 0.573 e. The number of pyridine rings is 1. The highest BCUT2D eigenvalue weighted by Crippen LogP contribution is 2.35. The molecule has 0 atom stereocenters. The summed E-state index contributed by atoms with van der Waals surface area (Å²) in [5.41, 5.74) is 0.116. The van der Waals surface area contributed by atoms with Gasteiger partial charge < -0.3 is 14.8 Å². The Morgan fingerprint density at radius 3 is 2.42 bits per heavy atom. The Hall–Kier alpha value is -3.24. The van der Waals surface area contributed by atoms with Gasteiger partial charge in [-0.1, -0.05) is 23.2 Å². The first-order valence-corrected chi connectivity index (χ1v) is 9.01. The van der Waals surface area contributed by atoms with Crippen molar-refractivity contribution in [3.8, 4) is 17.2 Å². The third-order valence-electron chi connectivity index (χ3n) is 3.67. The van der Waals surface area contributed by atoms with Gasteiger partial charge in [0.05, 0.1) is 15.6 Å². The molecule has 12 heteroatoms. The van der Waals surface area contributed by atoms with Crippen molar-refractivity contribution in [1.82, 2.24) is 0 Å². The lowest BCUT2D eigenvalue weighted by Gasteiger charge is -2.14. The number of carbonyl (C=O) groups is 1. The number of hydrogen-bond acceptors (Lipinski definition) is 4. The molecule has 162 valence electrons. The fourth-order valence-corrected chi connectivity index (χ4v) is 2.72. The molecule has 0 unspecified atom stereocenters. The first kappa shape index (κ1) is 22.4. The van der Waals surface area contributed by atoms with E-state index in [9.17, 15) is 27.6 Å². The van der Waals surface area contributed by atoms with Gasteiger partial charge >= 0.3 is 6.36 Å². The van der Waals surface area contributed by atoms with E-state index in [-0.39, 0.29) is 32.8 Å². The number of amides is 1.